The van der Waals surface area contributed by atoms with Crippen molar-refractivity contribution in [2.45, 2.75) is 44.8 Å². The minimum Gasteiger partial charge on any atom is -0.391 e. The molecule has 3 heterocycles. The Morgan fingerprint density at radius 1 is 1.29 bits per heavy atom. The van der Waals surface area contributed by atoms with Gasteiger partial charge in [-0.3, -0.25) is 4.79 Å². The largest absolute Gasteiger partial charge is 0.391 e. The third kappa shape index (κ3) is 1.17. The van der Waals surface area contributed by atoms with Crippen LogP contribution in [0.3, 0.4) is 0 Å². The molecule has 0 N–H and O–H groups in total. The van der Waals surface area contributed by atoms with E-state index in [1.807, 2.05) is 13.8 Å². The van der Waals surface area contributed by atoms with E-state index < -0.39 is 23.1 Å². The second-order valence-electron chi connectivity index (χ2n) is 4.74. The average molecular weight is 198 g/mol. The first-order valence-electron chi connectivity index (χ1n) is 4.81. The number of hydrogen-bond donors (Lipinski definition) is 0. The van der Waals surface area contributed by atoms with E-state index in [2.05, 4.69) is 0 Å². The second-order valence-corrected chi connectivity index (χ2v) is 4.74. The first kappa shape index (κ1) is 9.65. The molecule has 3 rings (SSSR count). The summed E-state index contributed by atoms with van der Waals surface area (Å²) in [6.07, 6.45) is 1.22. The first-order valence-corrected chi connectivity index (χ1v) is 4.81. The van der Waals surface area contributed by atoms with Gasteiger partial charge in [-0.25, -0.2) is 4.79 Å². The van der Waals surface area contributed by atoms with Gasteiger partial charge in [0.05, 0.1) is 11.5 Å². The number of rotatable bonds is 0. The van der Waals surface area contributed by atoms with Gasteiger partial charge in [-0.2, -0.15) is 0 Å². The van der Waals surface area contributed by atoms with Crippen LogP contribution in [0.15, 0.2) is 0 Å². The summed E-state index contributed by atoms with van der Waals surface area (Å²) in [5, 5.41) is 0. The van der Waals surface area contributed by atoms with Crippen molar-refractivity contribution in [1.82, 2.24) is 0 Å². The number of esters is 2. The molecule has 3 aliphatic rings. The summed E-state index contributed by atoms with van der Waals surface area (Å²) in [7, 11) is 0. The summed E-state index contributed by atoms with van der Waals surface area (Å²) < 4.78 is 10.4. The third-order valence-corrected chi connectivity index (χ3v) is 3.15. The molecule has 0 saturated carbocycles. The molecule has 14 heavy (non-hydrogen) atoms. The molecule has 0 aliphatic carbocycles. The Kier molecular flexibility index (Phi) is 1.77. The molecule has 0 radical (unpaired) electrons. The van der Waals surface area contributed by atoms with Crippen LogP contribution in [0.2, 0.25) is 0 Å². The van der Waals surface area contributed by atoms with Crippen molar-refractivity contribution in [1.29, 1.82) is 0 Å². The van der Waals surface area contributed by atoms with Crippen LogP contribution >= 0.6 is 0 Å². The van der Waals surface area contributed by atoms with Gasteiger partial charge in [-0.15, -0.1) is 0 Å². The summed E-state index contributed by atoms with van der Waals surface area (Å²) in [5.74, 6) is -1.31. The van der Waals surface area contributed by atoms with Crippen molar-refractivity contribution in [2.75, 3.05) is 0 Å². The highest BCUT2D eigenvalue weighted by molar-refractivity contribution is 5.93. The van der Waals surface area contributed by atoms with Crippen molar-refractivity contribution in [3.8, 4) is 0 Å². The van der Waals surface area contributed by atoms with Crippen LogP contribution in [0, 0.1) is 5.92 Å². The smallest absolute Gasteiger partial charge is 0.345 e. The fraction of sp³-hybridized carbons (Fsp3) is 0.800. The quantitative estimate of drug-likeness (QED) is 0.431. The van der Waals surface area contributed by atoms with Gasteiger partial charge < -0.3 is 9.47 Å². The minimum absolute atomic E-state index is 0.318. The molecule has 3 fully saturated rings. The van der Waals surface area contributed by atoms with E-state index in [1.54, 1.807) is 6.92 Å². The Morgan fingerprint density at radius 2 is 1.93 bits per heavy atom. The highest BCUT2D eigenvalue weighted by Gasteiger charge is 2.55. The van der Waals surface area contributed by atoms with Crippen molar-refractivity contribution in [3.63, 3.8) is 0 Å². The molecule has 0 unspecified atom stereocenters. The Morgan fingerprint density at radius 3 is 2.50 bits per heavy atom. The number of carbonyl (C=O) groups is 2. The van der Waals surface area contributed by atoms with Gasteiger partial charge in [0.2, 0.25) is 0 Å². The average Bonchev–Trinajstić information content (AvgIpc) is 2.13. The maximum Gasteiger partial charge on any atom is 0.345 e. The molecule has 2 bridgehead atoms. The summed E-state index contributed by atoms with van der Waals surface area (Å²) >= 11 is 0. The zero-order valence-corrected chi connectivity index (χ0v) is 8.62. The van der Waals surface area contributed by atoms with E-state index in [4.69, 9.17) is 9.47 Å². The molecule has 0 spiro atoms. The lowest BCUT2D eigenvalue weighted by molar-refractivity contribution is -0.192. The summed E-state index contributed by atoms with van der Waals surface area (Å²) in [6, 6.07) is 0. The molecule has 2 atom stereocenters. The van der Waals surface area contributed by atoms with E-state index in [1.165, 1.54) is 0 Å². The van der Waals surface area contributed by atoms with Gasteiger partial charge in [-0.05, 0) is 33.6 Å². The maximum atomic E-state index is 11.5. The van der Waals surface area contributed by atoms with Crippen molar-refractivity contribution in [2.24, 2.45) is 5.92 Å². The molecule has 3 saturated heterocycles. The lowest BCUT2D eigenvalue weighted by Crippen LogP contribution is -2.50. The zero-order valence-electron chi connectivity index (χ0n) is 8.62. The third-order valence-electron chi connectivity index (χ3n) is 3.15. The van der Waals surface area contributed by atoms with Gasteiger partial charge in [-0.1, -0.05) is 0 Å². The standard InChI is InChI=1S/C10H14O4/c1-9(2)6-4-5-10(3,14-9)8(12)13-7(6)11/h6H,4-5H2,1-3H3/t6-,10+/m1/s1. The van der Waals surface area contributed by atoms with Gasteiger partial charge >= 0.3 is 11.9 Å². The predicted molar refractivity (Wildman–Crippen MR) is 47.4 cm³/mol. The molecule has 3 aliphatic heterocycles. The summed E-state index contributed by atoms with van der Waals surface area (Å²) in [5.41, 5.74) is -1.54. The number of ether oxygens (including phenoxy) is 2. The topological polar surface area (TPSA) is 52.6 Å². The van der Waals surface area contributed by atoms with Crippen molar-refractivity contribution >= 4 is 11.9 Å². The highest BCUT2D eigenvalue weighted by Crippen LogP contribution is 2.43. The molecule has 0 aromatic heterocycles. The van der Waals surface area contributed by atoms with Crippen LogP contribution in [0.5, 0.6) is 0 Å². The number of hydrogen-bond acceptors (Lipinski definition) is 4. The summed E-state index contributed by atoms with van der Waals surface area (Å²) in [4.78, 5) is 23.0. The van der Waals surface area contributed by atoms with Crippen LogP contribution in [-0.2, 0) is 19.1 Å². The van der Waals surface area contributed by atoms with Crippen molar-refractivity contribution in [3.05, 3.63) is 0 Å². The van der Waals surface area contributed by atoms with Gasteiger partial charge in [0.25, 0.3) is 0 Å². The molecule has 4 heteroatoms. The predicted octanol–water partition coefficient (Wildman–Crippen LogP) is 1.03. The van der Waals surface area contributed by atoms with E-state index in [-0.39, 0.29) is 5.92 Å². The van der Waals surface area contributed by atoms with Crippen LogP contribution < -0.4 is 0 Å². The summed E-state index contributed by atoms with van der Waals surface area (Å²) in [6.45, 7) is 5.34. The second kappa shape index (κ2) is 2.57. The monoisotopic (exact) mass is 198 g/mol. The van der Waals surface area contributed by atoms with Crippen LogP contribution in [0.4, 0.5) is 0 Å². The molecule has 0 aromatic rings. The Hall–Kier alpha value is -0.900. The van der Waals surface area contributed by atoms with Crippen LogP contribution in [0.25, 0.3) is 0 Å². The van der Waals surface area contributed by atoms with Crippen molar-refractivity contribution < 1.29 is 19.1 Å². The molecule has 4 nitrogen and oxygen atoms in total. The molecule has 78 valence electrons. The highest BCUT2D eigenvalue weighted by atomic mass is 16.6. The van der Waals surface area contributed by atoms with Crippen LogP contribution in [0.1, 0.15) is 33.6 Å². The Balaban J connectivity index is 2.45. The van der Waals surface area contributed by atoms with Gasteiger partial charge in [0.15, 0.2) is 5.60 Å². The number of carbonyl (C=O) groups excluding carboxylic acids is 2. The lowest BCUT2D eigenvalue weighted by atomic mass is 9.80. The van der Waals surface area contributed by atoms with E-state index in [0.29, 0.717) is 12.8 Å². The Labute approximate surface area is 82.6 Å². The lowest BCUT2D eigenvalue weighted by Gasteiger charge is -2.41. The maximum absolute atomic E-state index is 11.5. The Bertz CT molecular complexity index is 307. The molecular weight excluding hydrogens is 184 g/mol. The first-order chi connectivity index (χ1) is 6.35. The van der Waals surface area contributed by atoms with Crippen LogP contribution in [-0.4, -0.2) is 23.1 Å². The fourth-order valence-electron chi connectivity index (χ4n) is 2.29. The van der Waals surface area contributed by atoms with E-state index >= 15 is 0 Å². The normalized spacial score (nSPS) is 40.6. The molecule has 0 amide bonds. The molecule has 0 aromatic carbocycles. The van der Waals surface area contributed by atoms with Gasteiger partial charge in [0.1, 0.15) is 0 Å². The van der Waals surface area contributed by atoms with Gasteiger partial charge in [0, 0.05) is 0 Å². The SMILES string of the molecule is CC1(C)O[C@@]2(C)CC[C@@H]1C(=O)OC2=O. The molecular formula is C10H14O4. The fourth-order valence-corrected chi connectivity index (χ4v) is 2.29. The zero-order chi connectivity index (χ0) is 10.6. The minimum atomic E-state index is -0.938. The van der Waals surface area contributed by atoms with E-state index in [9.17, 15) is 9.59 Å². The van der Waals surface area contributed by atoms with E-state index in [0.717, 1.165) is 0 Å². The number of fused-ring (bicyclic) bond motifs is 4.